The molecule has 0 heterocycles. The summed E-state index contributed by atoms with van der Waals surface area (Å²) in [6.45, 7) is 2.05. The average Bonchev–Trinajstić information content (AvgIpc) is 2.34. The monoisotopic (exact) mass is 222 g/mol. The number of unbranched alkanes of at least 4 members (excludes halogenated alkanes) is 1. The van der Waals surface area contributed by atoms with Crippen molar-refractivity contribution in [2.75, 3.05) is 6.61 Å². The third-order valence-corrected chi connectivity index (χ3v) is 2.82. The van der Waals surface area contributed by atoms with Crippen LogP contribution in [0, 0.1) is 0 Å². The Kier molecular flexibility index (Phi) is 6.12. The second-order valence-corrected chi connectivity index (χ2v) is 4.30. The topological polar surface area (TPSA) is 40.5 Å². The zero-order chi connectivity index (χ0) is 11.8. The lowest BCUT2D eigenvalue weighted by Crippen LogP contribution is -2.12. The lowest BCUT2D eigenvalue weighted by Gasteiger charge is -2.07. The van der Waals surface area contributed by atoms with Gasteiger partial charge in [-0.1, -0.05) is 37.6 Å². The largest absolute Gasteiger partial charge is 0.394 e. The Hall–Kier alpha value is -0.860. The van der Waals surface area contributed by atoms with Gasteiger partial charge in [-0.25, -0.2) is 0 Å². The molecule has 1 atom stereocenters. The van der Waals surface area contributed by atoms with Crippen molar-refractivity contribution in [2.45, 2.75) is 45.1 Å². The van der Waals surface area contributed by atoms with E-state index in [1.807, 2.05) is 0 Å². The van der Waals surface area contributed by atoms with Crippen molar-refractivity contribution in [3.8, 4) is 0 Å². The van der Waals surface area contributed by atoms with Gasteiger partial charge in [0.2, 0.25) is 0 Å². The van der Waals surface area contributed by atoms with Gasteiger partial charge in [-0.2, -0.15) is 0 Å². The molecule has 2 heteroatoms. The van der Waals surface area contributed by atoms with Crippen LogP contribution in [0.25, 0.3) is 0 Å². The highest BCUT2D eigenvalue weighted by molar-refractivity contribution is 5.22. The van der Waals surface area contributed by atoms with Crippen LogP contribution in [0.15, 0.2) is 24.3 Å². The third-order valence-electron chi connectivity index (χ3n) is 2.82. The van der Waals surface area contributed by atoms with Crippen LogP contribution in [0.4, 0.5) is 0 Å². The first-order valence-corrected chi connectivity index (χ1v) is 6.13. The minimum Gasteiger partial charge on any atom is -0.394 e. The molecular formula is C14H22O2. The van der Waals surface area contributed by atoms with E-state index in [0.29, 0.717) is 6.42 Å². The molecule has 1 aromatic rings. The molecule has 0 amide bonds. The van der Waals surface area contributed by atoms with Crippen LogP contribution in [0.3, 0.4) is 0 Å². The maximum absolute atomic E-state index is 9.24. The van der Waals surface area contributed by atoms with Gasteiger partial charge in [-0.3, -0.25) is 0 Å². The fraction of sp³-hybridized carbons (Fsp3) is 0.571. The molecule has 0 bridgehead atoms. The number of hydrogen-bond acceptors (Lipinski definition) is 2. The second kappa shape index (κ2) is 7.42. The van der Waals surface area contributed by atoms with Gasteiger partial charge in [0.05, 0.1) is 12.7 Å². The Labute approximate surface area is 97.9 Å². The summed E-state index contributed by atoms with van der Waals surface area (Å²) >= 11 is 0. The quantitative estimate of drug-likeness (QED) is 0.743. The highest BCUT2D eigenvalue weighted by atomic mass is 16.3. The molecule has 1 unspecified atom stereocenters. The highest BCUT2D eigenvalue weighted by Gasteiger charge is 2.02. The van der Waals surface area contributed by atoms with Gasteiger partial charge in [0, 0.05) is 0 Å². The van der Waals surface area contributed by atoms with Gasteiger partial charge in [0.25, 0.3) is 0 Å². The number of aliphatic hydroxyl groups is 2. The van der Waals surface area contributed by atoms with Crippen molar-refractivity contribution < 1.29 is 10.2 Å². The summed E-state index contributed by atoms with van der Waals surface area (Å²) in [5.74, 6) is 0. The first-order chi connectivity index (χ1) is 7.76. The van der Waals surface area contributed by atoms with Gasteiger partial charge < -0.3 is 10.2 Å². The summed E-state index contributed by atoms with van der Waals surface area (Å²) in [5, 5.41) is 17.9. The number of rotatable bonds is 7. The summed E-state index contributed by atoms with van der Waals surface area (Å²) in [7, 11) is 0. The molecular weight excluding hydrogens is 200 g/mol. The van der Waals surface area contributed by atoms with Crippen molar-refractivity contribution in [1.29, 1.82) is 0 Å². The predicted octanol–water partition coefficient (Wildman–Crippen LogP) is 2.32. The van der Waals surface area contributed by atoms with E-state index in [-0.39, 0.29) is 6.61 Å². The molecule has 0 aliphatic heterocycles. The highest BCUT2D eigenvalue weighted by Crippen LogP contribution is 2.10. The number of benzene rings is 1. The lowest BCUT2D eigenvalue weighted by atomic mass is 10.0. The van der Waals surface area contributed by atoms with Crippen LogP contribution in [-0.4, -0.2) is 22.9 Å². The second-order valence-electron chi connectivity index (χ2n) is 4.30. The van der Waals surface area contributed by atoms with Crippen LogP contribution < -0.4 is 0 Å². The van der Waals surface area contributed by atoms with Crippen molar-refractivity contribution in [3.63, 3.8) is 0 Å². The summed E-state index contributed by atoms with van der Waals surface area (Å²) in [6, 6.07) is 8.57. The third kappa shape index (κ3) is 4.77. The van der Waals surface area contributed by atoms with Crippen LogP contribution in [0.2, 0.25) is 0 Å². The molecule has 0 fully saturated rings. The number of aliphatic hydroxyl groups excluding tert-OH is 2. The Balaban J connectivity index is 2.38. The summed E-state index contributed by atoms with van der Waals surface area (Å²) in [4.78, 5) is 0. The van der Waals surface area contributed by atoms with Gasteiger partial charge in [-0.15, -0.1) is 0 Å². The predicted molar refractivity (Wildman–Crippen MR) is 66.5 cm³/mol. The van der Waals surface area contributed by atoms with Crippen LogP contribution in [-0.2, 0) is 12.8 Å². The van der Waals surface area contributed by atoms with Crippen molar-refractivity contribution in [1.82, 2.24) is 0 Å². The SMILES string of the molecule is CCCCc1ccc(CCC(O)CO)cc1. The minimum atomic E-state index is -0.584. The maximum Gasteiger partial charge on any atom is 0.0774 e. The van der Waals surface area contributed by atoms with E-state index >= 15 is 0 Å². The standard InChI is InChI=1S/C14H22O2/c1-2-3-4-12-5-7-13(8-6-12)9-10-14(16)11-15/h5-8,14-16H,2-4,9-11H2,1H3. The van der Waals surface area contributed by atoms with Crippen LogP contribution in [0.1, 0.15) is 37.3 Å². The molecule has 0 aromatic heterocycles. The Morgan fingerprint density at radius 2 is 1.62 bits per heavy atom. The normalized spacial score (nSPS) is 12.7. The first kappa shape index (κ1) is 13.2. The van der Waals surface area contributed by atoms with Gasteiger partial charge in [0.15, 0.2) is 0 Å². The molecule has 16 heavy (non-hydrogen) atoms. The fourth-order valence-corrected chi connectivity index (χ4v) is 1.68. The summed E-state index contributed by atoms with van der Waals surface area (Å²) in [5.41, 5.74) is 2.61. The maximum atomic E-state index is 9.24. The van der Waals surface area contributed by atoms with Crippen molar-refractivity contribution in [3.05, 3.63) is 35.4 Å². The molecule has 1 aromatic carbocycles. The number of aryl methyl sites for hydroxylation is 2. The van der Waals surface area contributed by atoms with Crippen molar-refractivity contribution >= 4 is 0 Å². The van der Waals surface area contributed by atoms with Gasteiger partial charge in [-0.05, 0) is 36.8 Å². The molecule has 0 aliphatic rings. The van der Waals surface area contributed by atoms with E-state index in [9.17, 15) is 5.11 Å². The van der Waals surface area contributed by atoms with E-state index in [2.05, 4.69) is 31.2 Å². The molecule has 90 valence electrons. The molecule has 0 aliphatic carbocycles. The first-order valence-electron chi connectivity index (χ1n) is 6.13. The molecule has 0 saturated heterocycles. The van der Waals surface area contributed by atoms with E-state index in [4.69, 9.17) is 5.11 Å². The fourth-order valence-electron chi connectivity index (χ4n) is 1.68. The van der Waals surface area contributed by atoms with E-state index in [0.717, 1.165) is 12.8 Å². The van der Waals surface area contributed by atoms with Crippen molar-refractivity contribution in [2.24, 2.45) is 0 Å². The Morgan fingerprint density at radius 3 is 2.12 bits per heavy atom. The summed E-state index contributed by atoms with van der Waals surface area (Å²) in [6.07, 6.45) is 4.49. The average molecular weight is 222 g/mol. The van der Waals surface area contributed by atoms with Crippen LogP contribution >= 0.6 is 0 Å². The Morgan fingerprint density at radius 1 is 1.06 bits per heavy atom. The molecule has 2 N–H and O–H groups in total. The summed E-state index contributed by atoms with van der Waals surface area (Å²) < 4.78 is 0. The zero-order valence-corrected chi connectivity index (χ0v) is 10.0. The molecule has 1 rings (SSSR count). The minimum absolute atomic E-state index is 0.144. The van der Waals surface area contributed by atoms with E-state index < -0.39 is 6.10 Å². The Bertz CT molecular complexity index is 279. The zero-order valence-electron chi connectivity index (χ0n) is 10.0. The molecule has 0 spiro atoms. The van der Waals surface area contributed by atoms with Gasteiger partial charge in [0.1, 0.15) is 0 Å². The lowest BCUT2D eigenvalue weighted by molar-refractivity contribution is 0.0886. The molecule has 0 radical (unpaired) electrons. The van der Waals surface area contributed by atoms with Crippen LogP contribution in [0.5, 0.6) is 0 Å². The van der Waals surface area contributed by atoms with E-state index in [1.165, 1.54) is 24.0 Å². The smallest absolute Gasteiger partial charge is 0.0774 e. The number of hydrogen-bond donors (Lipinski definition) is 2. The molecule has 0 saturated carbocycles. The molecule has 2 nitrogen and oxygen atoms in total. The van der Waals surface area contributed by atoms with E-state index in [1.54, 1.807) is 0 Å². The van der Waals surface area contributed by atoms with Gasteiger partial charge >= 0.3 is 0 Å².